The largest absolute Gasteiger partial charge is 0.377 e. The lowest BCUT2D eigenvalue weighted by Crippen LogP contribution is -2.49. The van der Waals surface area contributed by atoms with Crippen LogP contribution >= 0.6 is 11.6 Å². The van der Waals surface area contributed by atoms with Gasteiger partial charge in [-0.2, -0.15) is 0 Å². The normalized spacial score (nSPS) is 21.0. The van der Waals surface area contributed by atoms with Crippen LogP contribution in [0.4, 0.5) is 5.82 Å². The van der Waals surface area contributed by atoms with Gasteiger partial charge in [-0.3, -0.25) is 4.79 Å². The van der Waals surface area contributed by atoms with Crippen molar-refractivity contribution >= 4 is 45.3 Å². The van der Waals surface area contributed by atoms with E-state index in [0.717, 1.165) is 29.4 Å². The number of morpholine rings is 1. The Morgan fingerprint density at radius 3 is 2.88 bits per heavy atom. The van der Waals surface area contributed by atoms with E-state index in [2.05, 4.69) is 25.3 Å². The van der Waals surface area contributed by atoms with Crippen molar-refractivity contribution in [2.24, 2.45) is 0 Å². The Morgan fingerprint density at radius 2 is 2.06 bits per heavy atom. The number of halogens is 1. The molecule has 168 valence electrons. The molecule has 2 fully saturated rings. The number of hydrogen-bond donors (Lipinski definition) is 2. The number of nitrogens with zero attached hydrogens (tertiary/aromatic N) is 5. The molecule has 1 amide bonds. The van der Waals surface area contributed by atoms with Crippen LogP contribution in [0.15, 0.2) is 36.9 Å². The Labute approximate surface area is 194 Å². The monoisotopic (exact) mass is 463 g/mol. The summed E-state index contributed by atoms with van der Waals surface area (Å²) >= 11 is 6.57. The molecule has 2 aliphatic rings. The first-order valence-corrected chi connectivity index (χ1v) is 11.4. The minimum atomic E-state index is -0.234. The number of rotatable bonds is 4. The van der Waals surface area contributed by atoms with Crippen molar-refractivity contribution < 1.29 is 9.53 Å². The summed E-state index contributed by atoms with van der Waals surface area (Å²) in [4.78, 5) is 36.3. The van der Waals surface area contributed by atoms with Gasteiger partial charge in [0.25, 0.3) is 5.91 Å². The molecule has 3 aromatic heterocycles. The molecule has 6 rings (SSSR count). The molecule has 33 heavy (non-hydrogen) atoms. The van der Waals surface area contributed by atoms with E-state index in [9.17, 15) is 4.79 Å². The molecule has 4 aromatic rings. The van der Waals surface area contributed by atoms with E-state index < -0.39 is 0 Å². The molecule has 2 bridgehead atoms. The predicted molar refractivity (Wildman–Crippen MR) is 124 cm³/mol. The van der Waals surface area contributed by atoms with E-state index in [0.29, 0.717) is 40.8 Å². The van der Waals surface area contributed by atoms with Gasteiger partial charge in [-0.05, 0) is 37.3 Å². The van der Waals surface area contributed by atoms with Crippen LogP contribution < -0.4 is 5.32 Å². The van der Waals surface area contributed by atoms with Gasteiger partial charge in [0.05, 0.1) is 48.4 Å². The van der Waals surface area contributed by atoms with Gasteiger partial charge in [0.2, 0.25) is 0 Å². The van der Waals surface area contributed by atoms with E-state index in [4.69, 9.17) is 21.3 Å². The lowest BCUT2D eigenvalue weighted by Gasteiger charge is -2.34. The van der Waals surface area contributed by atoms with E-state index in [1.165, 1.54) is 6.33 Å². The zero-order chi connectivity index (χ0) is 22.5. The van der Waals surface area contributed by atoms with Crippen molar-refractivity contribution in [3.63, 3.8) is 0 Å². The quantitative estimate of drug-likeness (QED) is 0.474. The Morgan fingerprint density at radius 1 is 1.24 bits per heavy atom. The first kappa shape index (κ1) is 20.3. The first-order valence-electron chi connectivity index (χ1n) is 11.0. The summed E-state index contributed by atoms with van der Waals surface area (Å²) in [6, 6.07) is 7.55. The maximum atomic E-state index is 13.8. The van der Waals surface area contributed by atoms with Gasteiger partial charge >= 0.3 is 0 Å². The highest BCUT2D eigenvalue weighted by Gasteiger charge is 2.41. The number of nitrogens with one attached hydrogen (secondary N) is 2. The molecule has 5 heterocycles. The number of aromatic nitrogens is 5. The Bertz CT molecular complexity index is 1360. The fourth-order valence-electron chi connectivity index (χ4n) is 4.90. The summed E-state index contributed by atoms with van der Waals surface area (Å²) in [5.41, 5.74) is 2.40. The molecule has 9 nitrogen and oxygen atoms in total. The molecule has 2 saturated heterocycles. The van der Waals surface area contributed by atoms with Crippen LogP contribution in [-0.2, 0) is 4.74 Å². The molecular weight excluding hydrogens is 442 g/mol. The number of pyridine rings is 1. The maximum Gasteiger partial charge on any atom is 0.273 e. The number of carbonyl (C=O) groups excluding carboxylic acids is 1. The number of benzene rings is 1. The number of hydrogen-bond acceptors (Lipinski definition) is 7. The highest BCUT2D eigenvalue weighted by molar-refractivity contribution is 6.36. The maximum absolute atomic E-state index is 13.8. The highest BCUT2D eigenvalue weighted by Crippen LogP contribution is 2.34. The Hall–Kier alpha value is -3.30. The number of aromatic amines is 1. The van der Waals surface area contributed by atoms with Crippen LogP contribution in [0.1, 0.15) is 42.0 Å². The summed E-state index contributed by atoms with van der Waals surface area (Å²) < 4.78 is 5.67. The molecule has 0 radical (unpaired) electrons. The van der Waals surface area contributed by atoms with E-state index in [-0.39, 0.29) is 24.0 Å². The van der Waals surface area contributed by atoms with E-state index >= 15 is 0 Å². The average Bonchev–Trinajstić information content (AvgIpc) is 3.40. The lowest BCUT2D eigenvalue weighted by molar-refractivity contribution is -0.00736. The molecule has 3 atom stereocenters. The minimum absolute atomic E-state index is 0.0871. The van der Waals surface area contributed by atoms with Gasteiger partial charge in [0, 0.05) is 5.39 Å². The number of anilines is 1. The molecule has 0 saturated carbocycles. The summed E-state index contributed by atoms with van der Waals surface area (Å²) in [6.45, 7) is 3.12. The second-order valence-electron chi connectivity index (χ2n) is 8.56. The number of H-pyrrole nitrogens is 1. The number of carbonyl (C=O) groups is 1. The van der Waals surface area contributed by atoms with Crippen LogP contribution in [-0.4, -0.2) is 61.0 Å². The van der Waals surface area contributed by atoms with Crippen LogP contribution in [0.5, 0.6) is 0 Å². The van der Waals surface area contributed by atoms with Gasteiger partial charge in [0.15, 0.2) is 11.5 Å². The van der Waals surface area contributed by atoms with E-state index in [1.807, 2.05) is 30.0 Å². The zero-order valence-electron chi connectivity index (χ0n) is 18.0. The highest BCUT2D eigenvalue weighted by atomic mass is 35.5. The van der Waals surface area contributed by atoms with Crippen molar-refractivity contribution in [1.29, 1.82) is 0 Å². The van der Waals surface area contributed by atoms with Crippen LogP contribution in [0.2, 0.25) is 5.02 Å². The molecule has 3 unspecified atom stereocenters. The van der Waals surface area contributed by atoms with Crippen LogP contribution in [0, 0.1) is 0 Å². The summed E-state index contributed by atoms with van der Waals surface area (Å²) in [7, 11) is 0. The average molecular weight is 464 g/mol. The van der Waals surface area contributed by atoms with Gasteiger partial charge in [-0.25, -0.2) is 19.9 Å². The zero-order valence-corrected chi connectivity index (χ0v) is 18.7. The third kappa shape index (κ3) is 3.39. The third-order valence-corrected chi connectivity index (χ3v) is 6.84. The molecule has 2 aliphatic heterocycles. The van der Waals surface area contributed by atoms with Crippen molar-refractivity contribution in [3.8, 4) is 0 Å². The first-order chi connectivity index (χ1) is 16.1. The van der Waals surface area contributed by atoms with Crippen LogP contribution in [0.25, 0.3) is 21.9 Å². The molecule has 10 heteroatoms. The van der Waals surface area contributed by atoms with Crippen molar-refractivity contribution in [2.75, 3.05) is 18.5 Å². The smallest absolute Gasteiger partial charge is 0.273 e. The number of fused-ring (bicyclic) bond motifs is 4. The van der Waals surface area contributed by atoms with Gasteiger partial charge in [0.1, 0.15) is 17.5 Å². The standard InChI is InChI=1S/C23H22ClN7O2/c1-12(29-22-20-21(26-10-25-20)27-11-28-22)17-7-13-3-2-4-16(24)18(13)19(30-17)23(32)31-14-5-6-15(31)9-33-8-14/h2-4,7,10-12,14-15H,5-6,8-9H2,1H3,(H2,25,26,27,28,29). The molecular formula is C23H22ClN7O2. The molecule has 0 aliphatic carbocycles. The third-order valence-electron chi connectivity index (χ3n) is 6.52. The Kier molecular flexibility index (Phi) is 4.88. The van der Waals surface area contributed by atoms with Gasteiger partial charge in [-0.1, -0.05) is 23.7 Å². The number of ether oxygens (including phenoxy) is 1. The predicted octanol–water partition coefficient (Wildman–Crippen LogP) is 3.73. The van der Waals surface area contributed by atoms with E-state index in [1.54, 1.807) is 12.4 Å². The molecule has 0 spiro atoms. The van der Waals surface area contributed by atoms with Gasteiger partial charge in [-0.15, -0.1) is 0 Å². The number of imidazole rings is 1. The minimum Gasteiger partial charge on any atom is -0.377 e. The molecule has 2 N–H and O–H groups in total. The van der Waals surface area contributed by atoms with Gasteiger partial charge < -0.3 is 19.9 Å². The summed E-state index contributed by atoms with van der Waals surface area (Å²) in [6.07, 6.45) is 4.95. The fraction of sp³-hybridized carbons (Fsp3) is 0.348. The lowest BCUT2D eigenvalue weighted by atomic mass is 10.0. The second-order valence-corrected chi connectivity index (χ2v) is 8.97. The summed E-state index contributed by atoms with van der Waals surface area (Å²) in [5.74, 6) is 0.535. The Balaban J connectivity index is 1.42. The van der Waals surface area contributed by atoms with Crippen molar-refractivity contribution in [1.82, 2.24) is 29.8 Å². The number of amides is 1. The van der Waals surface area contributed by atoms with Crippen molar-refractivity contribution in [3.05, 3.63) is 53.3 Å². The van der Waals surface area contributed by atoms with Crippen LogP contribution in [0.3, 0.4) is 0 Å². The topological polar surface area (TPSA) is 109 Å². The summed E-state index contributed by atoms with van der Waals surface area (Å²) in [5, 5.41) is 5.46. The second kappa shape index (κ2) is 7.93. The molecule has 1 aromatic carbocycles. The van der Waals surface area contributed by atoms with Crippen molar-refractivity contribution in [2.45, 2.75) is 37.9 Å². The fourth-order valence-corrected chi connectivity index (χ4v) is 5.17. The SMILES string of the molecule is CC(Nc1ncnc2nc[nH]c12)c1cc2cccc(Cl)c2c(C(=O)N2C3CCC2COC3)n1.